The minimum absolute atomic E-state index is 0.0452. The molecule has 1 aliphatic heterocycles. The number of hydrogen-bond donors (Lipinski definition) is 0. The molecule has 0 amide bonds. The van der Waals surface area contributed by atoms with E-state index in [2.05, 4.69) is 118 Å². The van der Waals surface area contributed by atoms with Crippen LogP contribution >= 0.6 is 23.1 Å². The summed E-state index contributed by atoms with van der Waals surface area (Å²) in [6.07, 6.45) is 5.83. The SMILES string of the molecule is CC(C)c1ccc2c(c1)C(=CC1=C([O-])C(=Cc3cc(C(C)(C)C)[s+]c4ccc(C(C)C)cc34)C1=O)C=C(C(C)(C)C)S2. The standard InChI is InChI=1S/C38H42O2S2/c1-21(2)23-11-13-31-27(15-23)25(19-33(41-31)37(5,6)7)17-29-35(39)30(36(29)40)18-26-20-34(38(8,9)10)42-32-14-12-24(22(3)4)16-28(26)32/h11-22H,1-10H3. The molecule has 0 saturated heterocycles. The van der Waals surface area contributed by atoms with Crippen LogP contribution in [0.2, 0.25) is 0 Å². The van der Waals surface area contributed by atoms with Crippen LogP contribution in [0.25, 0.3) is 21.7 Å². The van der Waals surface area contributed by atoms with Crippen molar-refractivity contribution in [1.82, 2.24) is 0 Å². The third kappa shape index (κ3) is 5.81. The van der Waals surface area contributed by atoms with Crippen molar-refractivity contribution in [3.8, 4) is 0 Å². The van der Waals surface area contributed by atoms with Crippen molar-refractivity contribution in [3.05, 3.63) is 104 Å². The highest BCUT2D eigenvalue weighted by molar-refractivity contribution is 8.03. The summed E-state index contributed by atoms with van der Waals surface area (Å²) < 4.78 is 1.17. The van der Waals surface area contributed by atoms with Crippen molar-refractivity contribution in [2.45, 2.75) is 91.4 Å². The lowest BCUT2D eigenvalue weighted by Crippen LogP contribution is -2.29. The summed E-state index contributed by atoms with van der Waals surface area (Å²) in [6, 6.07) is 15.4. The fraction of sp³-hybridized carbons (Fsp3) is 0.368. The van der Waals surface area contributed by atoms with Crippen LogP contribution in [-0.4, -0.2) is 5.78 Å². The van der Waals surface area contributed by atoms with E-state index in [9.17, 15) is 9.90 Å². The fourth-order valence-electron chi connectivity index (χ4n) is 5.16. The van der Waals surface area contributed by atoms with Crippen molar-refractivity contribution < 1.29 is 9.90 Å². The molecule has 2 nitrogen and oxygen atoms in total. The quantitative estimate of drug-likeness (QED) is 0.223. The molecule has 0 spiro atoms. The Morgan fingerprint density at radius 1 is 0.833 bits per heavy atom. The second-order valence-electron chi connectivity index (χ2n) is 14.2. The molecular weight excluding hydrogens is 553 g/mol. The lowest BCUT2D eigenvalue weighted by molar-refractivity contribution is -0.300. The van der Waals surface area contributed by atoms with Gasteiger partial charge in [-0.25, -0.2) is 0 Å². The van der Waals surface area contributed by atoms with Gasteiger partial charge in [-0.3, -0.25) is 4.79 Å². The van der Waals surface area contributed by atoms with Crippen LogP contribution in [0, 0.1) is 5.41 Å². The number of allylic oxidation sites excluding steroid dienone is 6. The Morgan fingerprint density at radius 2 is 1.48 bits per heavy atom. The minimum Gasteiger partial charge on any atom is -0.871 e. The first-order chi connectivity index (χ1) is 19.5. The molecule has 1 aliphatic carbocycles. The van der Waals surface area contributed by atoms with Gasteiger partial charge in [0.2, 0.25) is 20.9 Å². The minimum atomic E-state index is -0.170. The number of rotatable bonds is 4. The molecule has 2 heterocycles. The van der Waals surface area contributed by atoms with Crippen molar-refractivity contribution in [1.29, 1.82) is 0 Å². The third-order valence-corrected chi connectivity index (χ3v) is 11.1. The topological polar surface area (TPSA) is 40.1 Å². The maximum absolute atomic E-state index is 13.6. The van der Waals surface area contributed by atoms with Gasteiger partial charge in [-0.1, -0.05) is 98.9 Å². The Hall–Kier alpha value is -2.95. The van der Waals surface area contributed by atoms with E-state index >= 15 is 0 Å². The molecule has 0 N–H and O–H groups in total. The van der Waals surface area contributed by atoms with E-state index in [1.54, 1.807) is 23.1 Å². The van der Waals surface area contributed by atoms with Gasteiger partial charge in [-0.2, -0.15) is 0 Å². The average molecular weight is 595 g/mol. The van der Waals surface area contributed by atoms with Gasteiger partial charge in [0, 0.05) is 39.0 Å². The zero-order valence-corrected chi connectivity index (χ0v) is 28.2. The molecule has 3 aromatic rings. The Bertz CT molecular complexity index is 1730. The summed E-state index contributed by atoms with van der Waals surface area (Å²) in [4.78, 5) is 17.2. The highest BCUT2D eigenvalue weighted by Crippen LogP contribution is 2.48. The van der Waals surface area contributed by atoms with Crippen LogP contribution < -0.4 is 5.11 Å². The number of hydrogen-bond acceptors (Lipinski definition) is 3. The Morgan fingerprint density at radius 3 is 2.07 bits per heavy atom. The van der Waals surface area contributed by atoms with Crippen LogP contribution in [0.4, 0.5) is 0 Å². The van der Waals surface area contributed by atoms with Crippen LogP contribution in [0.1, 0.15) is 108 Å². The summed E-state index contributed by atoms with van der Waals surface area (Å²) in [6.45, 7) is 21.9. The molecule has 2 aromatic carbocycles. The van der Waals surface area contributed by atoms with E-state index in [0.29, 0.717) is 11.8 Å². The highest BCUT2D eigenvalue weighted by atomic mass is 32.2. The predicted molar refractivity (Wildman–Crippen MR) is 181 cm³/mol. The van der Waals surface area contributed by atoms with E-state index in [1.807, 2.05) is 12.2 Å². The third-order valence-electron chi connectivity index (χ3n) is 8.03. The molecule has 218 valence electrons. The Labute approximate surface area is 260 Å². The van der Waals surface area contributed by atoms with Crippen molar-refractivity contribution in [2.75, 3.05) is 0 Å². The summed E-state index contributed by atoms with van der Waals surface area (Å²) in [5.41, 5.74) is 5.93. The molecule has 5 rings (SSSR count). The number of carbonyl (C=O) groups is 1. The molecule has 0 bridgehead atoms. The Balaban J connectivity index is 1.65. The van der Waals surface area contributed by atoms with Gasteiger partial charge in [0.1, 0.15) is 0 Å². The van der Waals surface area contributed by atoms with Gasteiger partial charge in [-0.05, 0) is 86.4 Å². The molecule has 1 aromatic heterocycles. The first-order valence-electron chi connectivity index (χ1n) is 14.9. The first-order valence-corrected chi connectivity index (χ1v) is 16.5. The van der Waals surface area contributed by atoms with Gasteiger partial charge < -0.3 is 5.11 Å². The van der Waals surface area contributed by atoms with Crippen molar-refractivity contribution in [3.63, 3.8) is 0 Å². The van der Waals surface area contributed by atoms with Gasteiger partial charge in [0.25, 0.3) is 0 Å². The van der Waals surface area contributed by atoms with E-state index < -0.39 is 0 Å². The van der Waals surface area contributed by atoms with Crippen molar-refractivity contribution >= 4 is 50.6 Å². The Kier molecular flexibility index (Phi) is 7.96. The largest absolute Gasteiger partial charge is 0.871 e. The van der Waals surface area contributed by atoms with E-state index in [-0.39, 0.29) is 33.5 Å². The zero-order valence-electron chi connectivity index (χ0n) is 26.6. The molecule has 42 heavy (non-hydrogen) atoms. The monoisotopic (exact) mass is 594 g/mol. The summed E-state index contributed by atoms with van der Waals surface area (Å²) in [7, 11) is 0. The number of benzene rings is 2. The lowest BCUT2D eigenvalue weighted by atomic mass is 9.83. The number of Topliss-reactive ketones (excluding diaryl/α,β-unsaturated/α-hetero) is 1. The number of thioether (sulfide) groups is 1. The molecule has 0 atom stereocenters. The average Bonchev–Trinajstić information content (AvgIpc) is 2.92. The van der Waals surface area contributed by atoms with Gasteiger partial charge in [0.15, 0.2) is 5.78 Å². The fourth-order valence-corrected chi connectivity index (χ4v) is 7.47. The summed E-state index contributed by atoms with van der Waals surface area (Å²) >= 11 is 3.57. The number of carbonyl (C=O) groups excluding carboxylic acids is 1. The van der Waals surface area contributed by atoms with Crippen LogP contribution in [-0.2, 0) is 10.2 Å². The normalized spacial score (nSPS) is 17.9. The number of ketones is 1. The molecule has 4 heteroatoms. The second-order valence-corrected chi connectivity index (χ2v) is 16.4. The number of fused-ring (bicyclic) bond motifs is 2. The van der Waals surface area contributed by atoms with Gasteiger partial charge >= 0.3 is 0 Å². The molecule has 2 aliphatic rings. The predicted octanol–water partition coefficient (Wildman–Crippen LogP) is 10.4. The second kappa shape index (κ2) is 11.0. The van der Waals surface area contributed by atoms with Crippen molar-refractivity contribution in [2.24, 2.45) is 5.41 Å². The van der Waals surface area contributed by atoms with E-state index in [0.717, 1.165) is 22.1 Å². The summed E-state index contributed by atoms with van der Waals surface area (Å²) in [5.74, 6) is 0.436. The zero-order chi connectivity index (χ0) is 30.7. The molecule has 0 unspecified atom stereocenters. The molecular formula is C38H42O2S2. The maximum Gasteiger partial charge on any atom is 0.238 e. The van der Waals surface area contributed by atoms with Crippen LogP contribution in [0.5, 0.6) is 0 Å². The molecule has 0 radical (unpaired) electrons. The van der Waals surface area contributed by atoms with E-state index in [1.165, 1.54) is 30.5 Å². The molecule has 0 fully saturated rings. The lowest BCUT2D eigenvalue weighted by Gasteiger charge is -2.31. The summed E-state index contributed by atoms with van der Waals surface area (Å²) in [5, 5.41) is 14.7. The van der Waals surface area contributed by atoms with Crippen LogP contribution in [0.3, 0.4) is 0 Å². The smallest absolute Gasteiger partial charge is 0.238 e. The maximum atomic E-state index is 13.6. The first kappa shape index (κ1) is 30.5. The van der Waals surface area contributed by atoms with Crippen LogP contribution in [0.15, 0.2) is 81.3 Å². The van der Waals surface area contributed by atoms with Gasteiger partial charge in [0.05, 0.1) is 0 Å². The highest BCUT2D eigenvalue weighted by Gasteiger charge is 2.31. The van der Waals surface area contributed by atoms with Gasteiger partial charge in [-0.15, -0.1) is 0 Å². The molecule has 0 saturated carbocycles. The van der Waals surface area contributed by atoms with E-state index in [4.69, 9.17) is 0 Å².